The van der Waals surface area contributed by atoms with Crippen LogP contribution in [0, 0.1) is 17.8 Å². The minimum Gasteiger partial charge on any atom is -0.462 e. The van der Waals surface area contributed by atoms with Gasteiger partial charge in [0.1, 0.15) is 0 Å². The molecule has 0 heterocycles. The average molecular weight is 266 g/mol. The zero-order valence-corrected chi connectivity index (χ0v) is 12.9. The minimum atomic E-state index is 0.0334. The number of rotatable bonds is 7. The van der Waals surface area contributed by atoms with E-state index in [9.17, 15) is 4.79 Å². The Bertz CT molecular complexity index is 277. The second kappa shape index (κ2) is 8.39. The molecule has 0 bridgehead atoms. The van der Waals surface area contributed by atoms with Crippen LogP contribution in [-0.2, 0) is 9.53 Å². The number of hydrogen-bond acceptors (Lipinski definition) is 2. The Morgan fingerprint density at radius 2 is 1.95 bits per heavy atom. The summed E-state index contributed by atoms with van der Waals surface area (Å²) < 4.78 is 5.59. The van der Waals surface area contributed by atoms with Crippen molar-refractivity contribution >= 4 is 5.97 Å². The maximum absolute atomic E-state index is 12.1. The molecule has 0 amide bonds. The van der Waals surface area contributed by atoms with Gasteiger partial charge in [-0.15, -0.1) is 6.58 Å². The standard InChI is InChI=1S/C17H30O2/c1-5-15(6-2)10-9-14(4)19-17(18)16-11-7-13(3)8-12-16/h5,13-16H,1,6-12H2,2-4H3/t13?,14?,15-,16?/m0/s1. The molecule has 110 valence electrons. The van der Waals surface area contributed by atoms with Crippen molar-refractivity contribution in [1.29, 1.82) is 0 Å². The Balaban J connectivity index is 2.25. The van der Waals surface area contributed by atoms with Gasteiger partial charge in [0.25, 0.3) is 0 Å². The Morgan fingerprint density at radius 3 is 2.47 bits per heavy atom. The summed E-state index contributed by atoms with van der Waals surface area (Å²) in [5, 5.41) is 0. The van der Waals surface area contributed by atoms with Gasteiger partial charge >= 0.3 is 5.97 Å². The second-order valence-corrected chi connectivity index (χ2v) is 6.19. The van der Waals surface area contributed by atoms with Crippen molar-refractivity contribution in [3.05, 3.63) is 12.7 Å². The van der Waals surface area contributed by atoms with E-state index in [2.05, 4.69) is 20.4 Å². The van der Waals surface area contributed by atoms with E-state index in [4.69, 9.17) is 4.74 Å². The van der Waals surface area contributed by atoms with Gasteiger partial charge in [0.05, 0.1) is 12.0 Å². The van der Waals surface area contributed by atoms with Crippen LogP contribution in [0.4, 0.5) is 0 Å². The molecule has 0 aromatic carbocycles. The highest BCUT2D eigenvalue weighted by Gasteiger charge is 2.26. The van der Waals surface area contributed by atoms with E-state index in [1.165, 1.54) is 12.8 Å². The Kier molecular flexibility index (Phi) is 7.19. The third kappa shape index (κ3) is 5.80. The van der Waals surface area contributed by atoms with Gasteiger partial charge in [0, 0.05) is 0 Å². The highest BCUT2D eigenvalue weighted by molar-refractivity contribution is 5.72. The predicted octanol–water partition coefficient (Wildman–Crippen LogP) is 4.74. The first kappa shape index (κ1) is 16.3. The number of carbonyl (C=O) groups is 1. The number of allylic oxidation sites excluding steroid dienone is 1. The summed E-state index contributed by atoms with van der Waals surface area (Å²) in [4.78, 5) is 12.1. The average Bonchev–Trinajstić information content (AvgIpc) is 2.40. The van der Waals surface area contributed by atoms with Gasteiger partial charge in [0.2, 0.25) is 0 Å². The SMILES string of the molecule is C=C[C@@H](CC)CCC(C)OC(=O)C1CCC(C)CC1. The molecule has 1 fully saturated rings. The smallest absolute Gasteiger partial charge is 0.309 e. The summed E-state index contributed by atoms with van der Waals surface area (Å²) in [5.74, 6) is 1.52. The fourth-order valence-electron chi connectivity index (χ4n) is 2.79. The molecule has 2 heteroatoms. The highest BCUT2D eigenvalue weighted by Crippen LogP contribution is 2.29. The van der Waals surface area contributed by atoms with Crippen molar-refractivity contribution in [2.75, 3.05) is 0 Å². The second-order valence-electron chi connectivity index (χ2n) is 6.19. The molecule has 0 spiro atoms. The van der Waals surface area contributed by atoms with E-state index in [1.807, 2.05) is 13.0 Å². The first-order valence-electron chi connectivity index (χ1n) is 7.89. The van der Waals surface area contributed by atoms with E-state index in [1.54, 1.807) is 0 Å². The Morgan fingerprint density at radius 1 is 1.32 bits per heavy atom. The lowest BCUT2D eigenvalue weighted by Gasteiger charge is -2.26. The zero-order chi connectivity index (χ0) is 14.3. The van der Waals surface area contributed by atoms with Gasteiger partial charge in [-0.1, -0.05) is 19.9 Å². The summed E-state index contributed by atoms with van der Waals surface area (Å²) in [6.45, 7) is 10.3. The van der Waals surface area contributed by atoms with Crippen LogP contribution in [0.25, 0.3) is 0 Å². The van der Waals surface area contributed by atoms with Crippen LogP contribution in [0.2, 0.25) is 0 Å². The lowest BCUT2D eigenvalue weighted by atomic mass is 9.83. The van der Waals surface area contributed by atoms with E-state index in [0.717, 1.165) is 38.0 Å². The molecule has 0 aromatic heterocycles. The maximum Gasteiger partial charge on any atom is 0.309 e. The third-order valence-corrected chi connectivity index (χ3v) is 4.47. The van der Waals surface area contributed by atoms with Crippen molar-refractivity contribution in [1.82, 2.24) is 0 Å². The van der Waals surface area contributed by atoms with Crippen molar-refractivity contribution in [3.63, 3.8) is 0 Å². The normalized spacial score (nSPS) is 26.5. The van der Waals surface area contributed by atoms with Crippen molar-refractivity contribution in [2.24, 2.45) is 17.8 Å². The molecule has 0 radical (unpaired) electrons. The molecule has 0 saturated heterocycles. The van der Waals surface area contributed by atoms with E-state index in [-0.39, 0.29) is 18.0 Å². The van der Waals surface area contributed by atoms with Gasteiger partial charge in [0.15, 0.2) is 0 Å². The largest absolute Gasteiger partial charge is 0.462 e. The fraction of sp³-hybridized carbons (Fsp3) is 0.824. The Hall–Kier alpha value is -0.790. The van der Waals surface area contributed by atoms with Crippen molar-refractivity contribution < 1.29 is 9.53 Å². The van der Waals surface area contributed by atoms with Crippen LogP contribution in [0.3, 0.4) is 0 Å². The third-order valence-electron chi connectivity index (χ3n) is 4.47. The van der Waals surface area contributed by atoms with Gasteiger partial charge < -0.3 is 4.74 Å². The molecule has 0 N–H and O–H groups in total. The molecule has 19 heavy (non-hydrogen) atoms. The molecule has 2 atom stereocenters. The first-order chi connectivity index (χ1) is 9.06. The molecule has 1 rings (SSSR count). The minimum absolute atomic E-state index is 0.0334. The van der Waals surface area contributed by atoms with Crippen LogP contribution >= 0.6 is 0 Å². The zero-order valence-electron chi connectivity index (χ0n) is 12.9. The van der Waals surface area contributed by atoms with Gasteiger partial charge in [-0.05, 0) is 63.7 Å². The van der Waals surface area contributed by atoms with Crippen molar-refractivity contribution in [3.8, 4) is 0 Å². The lowest BCUT2D eigenvalue weighted by Crippen LogP contribution is -2.26. The number of ether oxygens (including phenoxy) is 1. The molecule has 0 aromatic rings. The van der Waals surface area contributed by atoms with E-state index >= 15 is 0 Å². The molecular formula is C17H30O2. The predicted molar refractivity (Wildman–Crippen MR) is 79.9 cm³/mol. The maximum atomic E-state index is 12.1. The quantitative estimate of drug-likeness (QED) is 0.491. The summed E-state index contributed by atoms with van der Waals surface area (Å²) in [7, 11) is 0. The van der Waals surface area contributed by atoms with Crippen LogP contribution in [0.5, 0.6) is 0 Å². The number of carbonyl (C=O) groups excluding carboxylic acids is 1. The molecular weight excluding hydrogens is 236 g/mol. The van der Waals surface area contributed by atoms with E-state index < -0.39 is 0 Å². The summed E-state index contributed by atoms with van der Waals surface area (Å²) in [6.07, 6.45) is 9.54. The molecule has 2 nitrogen and oxygen atoms in total. The number of hydrogen-bond donors (Lipinski definition) is 0. The number of esters is 1. The Labute approximate surface area is 118 Å². The van der Waals surface area contributed by atoms with Crippen LogP contribution in [0.1, 0.15) is 65.7 Å². The summed E-state index contributed by atoms with van der Waals surface area (Å²) in [5.41, 5.74) is 0. The topological polar surface area (TPSA) is 26.3 Å². The van der Waals surface area contributed by atoms with Gasteiger partial charge in [-0.25, -0.2) is 0 Å². The molecule has 1 unspecified atom stereocenters. The monoisotopic (exact) mass is 266 g/mol. The fourth-order valence-corrected chi connectivity index (χ4v) is 2.79. The van der Waals surface area contributed by atoms with Gasteiger partial charge in [-0.3, -0.25) is 4.79 Å². The molecule has 1 aliphatic rings. The summed E-state index contributed by atoms with van der Waals surface area (Å²) >= 11 is 0. The highest BCUT2D eigenvalue weighted by atomic mass is 16.5. The lowest BCUT2D eigenvalue weighted by molar-refractivity contribution is -0.155. The van der Waals surface area contributed by atoms with Crippen LogP contribution in [0.15, 0.2) is 12.7 Å². The molecule has 1 saturated carbocycles. The van der Waals surface area contributed by atoms with Crippen LogP contribution < -0.4 is 0 Å². The van der Waals surface area contributed by atoms with Crippen molar-refractivity contribution in [2.45, 2.75) is 71.8 Å². The molecule has 0 aliphatic heterocycles. The van der Waals surface area contributed by atoms with Gasteiger partial charge in [-0.2, -0.15) is 0 Å². The first-order valence-corrected chi connectivity index (χ1v) is 7.89. The van der Waals surface area contributed by atoms with Crippen LogP contribution in [-0.4, -0.2) is 12.1 Å². The summed E-state index contributed by atoms with van der Waals surface area (Å²) in [6, 6.07) is 0. The molecule has 1 aliphatic carbocycles. The van der Waals surface area contributed by atoms with E-state index in [0.29, 0.717) is 5.92 Å².